The molecule has 0 spiro atoms. The second-order valence-corrected chi connectivity index (χ2v) is 4.07. The van der Waals surface area contributed by atoms with Gasteiger partial charge in [0, 0.05) is 18.8 Å². The predicted octanol–water partition coefficient (Wildman–Crippen LogP) is 1.90. The first-order valence-electron chi connectivity index (χ1n) is 5.62. The van der Waals surface area contributed by atoms with E-state index in [2.05, 4.69) is 10.3 Å². The van der Waals surface area contributed by atoms with E-state index in [1.165, 1.54) is 0 Å². The Hall–Kier alpha value is -2.21. The van der Waals surface area contributed by atoms with Gasteiger partial charge in [0.1, 0.15) is 5.69 Å². The molecule has 0 bridgehead atoms. The van der Waals surface area contributed by atoms with Gasteiger partial charge in [-0.3, -0.25) is 15.1 Å². The first-order valence-corrected chi connectivity index (χ1v) is 5.62. The summed E-state index contributed by atoms with van der Waals surface area (Å²) in [7, 11) is 0. The first-order chi connectivity index (χ1) is 8.63. The van der Waals surface area contributed by atoms with Crippen molar-refractivity contribution in [3.05, 3.63) is 40.6 Å². The summed E-state index contributed by atoms with van der Waals surface area (Å²) in [6, 6.07) is 6.77. The van der Waals surface area contributed by atoms with Gasteiger partial charge in [-0.05, 0) is 31.2 Å². The number of nitrogens with zero attached hydrogens (tertiary/aromatic N) is 2. The molecule has 1 atom stereocenters. The highest BCUT2D eigenvalue weighted by atomic mass is 16.6. The normalized spacial score (nSPS) is 12.3. The Bertz CT molecular complexity index is 585. The SMILES string of the molecule is CC(CN)Nc1ccc2ncccc2c1[N+](=O)[O-]. The molecule has 0 radical (unpaired) electrons. The molecule has 0 fully saturated rings. The van der Waals surface area contributed by atoms with Crippen LogP contribution in [-0.2, 0) is 0 Å². The summed E-state index contributed by atoms with van der Waals surface area (Å²) in [5, 5.41) is 14.8. The highest BCUT2D eigenvalue weighted by Gasteiger charge is 2.19. The lowest BCUT2D eigenvalue weighted by Gasteiger charge is -2.13. The van der Waals surface area contributed by atoms with E-state index >= 15 is 0 Å². The zero-order chi connectivity index (χ0) is 13.1. The number of aromatic nitrogens is 1. The first kappa shape index (κ1) is 12.3. The monoisotopic (exact) mass is 246 g/mol. The van der Waals surface area contributed by atoms with Crippen LogP contribution in [-0.4, -0.2) is 22.5 Å². The van der Waals surface area contributed by atoms with Crippen molar-refractivity contribution in [1.29, 1.82) is 0 Å². The molecular formula is C12H14N4O2. The summed E-state index contributed by atoms with van der Waals surface area (Å²) < 4.78 is 0. The molecule has 3 N–H and O–H groups in total. The Morgan fingerprint density at radius 1 is 1.50 bits per heavy atom. The van der Waals surface area contributed by atoms with Gasteiger partial charge < -0.3 is 11.1 Å². The van der Waals surface area contributed by atoms with Gasteiger partial charge in [0.25, 0.3) is 0 Å². The predicted molar refractivity (Wildman–Crippen MR) is 70.5 cm³/mol. The molecule has 0 aliphatic heterocycles. The van der Waals surface area contributed by atoms with Gasteiger partial charge in [0.15, 0.2) is 0 Å². The molecule has 0 aliphatic rings. The molecule has 1 heterocycles. The average Bonchev–Trinajstić information content (AvgIpc) is 2.37. The average molecular weight is 246 g/mol. The number of hydrogen-bond donors (Lipinski definition) is 2. The zero-order valence-electron chi connectivity index (χ0n) is 9.96. The summed E-state index contributed by atoms with van der Waals surface area (Å²) in [6.07, 6.45) is 1.61. The minimum Gasteiger partial charge on any atom is -0.376 e. The third-order valence-electron chi connectivity index (χ3n) is 2.69. The molecule has 2 aromatic rings. The molecule has 1 unspecified atom stereocenters. The number of nitrogens with one attached hydrogen (secondary N) is 1. The fourth-order valence-electron chi connectivity index (χ4n) is 1.77. The van der Waals surface area contributed by atoms with Gasteiger partial charge in [-0.25, -0.2) is 0 Å². The second-order valence-electron chi connectivity index (χ2n) is 4.07. The number of nitrogens with two attached hydrogens (primary N) is 1. The number of nitro groups is 1. The number of anilines is 1. The minimum absolute atomic E-state index is 0.0298. The standard InChI is InChI=1S/C12H14N4O2/c1-8(7-13)15-11-5-4-10-9(3-2-6-14-10)12(11)16(17)18/h2-6,8,15H,7,13H2,1H3. The van der Waals surface area contributed by atoms with Crippen molar-refractivity contribution < 1.29 is 4.92 Å². The number of hydrogen-bond acceptors (Lipinski definition) is 5. The molecule has 0 amide bonds. The van der Waals surface area contributed by atoms with Gasteiger partial charge in [-0.1, -0.05) is 0 Å². The number of nitro benzene ring substituents is 1. The van der Waals surface area contributed by atoms with Crippen LogP contribution in [0.1, 0.15) is 6.92 Å². The maximum Gasteiger partial charge on any atom is 0.301 e. The quantitative estimate of drug-likeness (QED) is 0.634. The Balaban J connectivity index is 2.59. The molecule has 94 valence electrons. The lowest BCUT2D eigenvalue weighted by atomic mass is 10.1. The fourth-order valence-corrected chi connectivity index (χ4v) is 1.77. The number of benzene rings is 1. The van der Waals surface area contributed by atoms with Crippen molar-refractivity contribution in [2.75, 3.05) is 11.9 Å². The van der Waals surface area contributed by atoms with Crippen LogP contribution in [0.3, 0.4) is 0 Å². The van der Waals surface area contributed by atoms with E-state index in [9.17, 15) is 10.1 Å². The summed E-state index contributed by atoms with van der Waals surface area (Å²) in [4.78, 5) is 14.9. The third kappa shape index (κ3) is 2.23. The summed E-state index contributed by atoms with van der Waals surface area (Å²) in [5.74, 6) is 0. The van der Waals surface area contributed by atoms with Crippen molar-refractivity contribution in [2.24, 2.45) is 5.73 Å². The van der Waals surface area contributed by atoms with Gasteiger partial charge in [-0.2, -0.15) is 0 Å². The maximum absolute atomic E-state index is 11.2. The van der Waals surface area contributed by atoms with Crippen LogP contribution in [0.5, 0.6) is 0 Å². The second kappa shape index (κ2) is 4.97. The van der Waals surface area contributed by atoms with E-state index in [0.717, 1.165) is 0 Å². The largest absolute Gasteiger partial charge is 0.376 e. The highest BCUT2D eigenvalue weighted by molar-refractivity contribution is 5.94. The third-order valence-corrected chi connectivity index (χ3v) is 2.69. The van der Waals surface area contributed by atoms with Crippen molar-refractivity contribution in [3.63, 3.8) is 0 Å². The Morgan fingerprint density at radius 3 is 2.94 bits per heavy atom. The Labute approximate surface area is 104 Å². The molecule has 1 aromatic carbocycles. The Morgan fingerprint density at radius 2 is 2.28 bits per heavy atom. The molecule has 0 saturated carbocycles. The number of pyridine rings is 1. The fraction of sp³-hybridized carbons (Fsp3) is 0.250. The van der Waals surface area contributed by atoms with Crippen LogP contribution in [0.15, 0.2) is 30.5 Å². The van der Waals surface area contributed by atoms with E-state index in [0.29, 0.717) is 23.1 Å². The molecular weight excluding hydrogens is 232 g/mol. The van der Waals surface area contributed by atoms with Crippen molar-refractivity contribution in [1.82, 2.24) is 4.98 Å². The van der Waals surface area contributed by atoms with Crippen molar-refractivity contribution in [3.8, 4) is 0 Å². The van der Waals surface area contributed by atoms with Crippen LogP contribution in [0.4, 0.5) is 11.4 Å². The van der Waals surface area contributed by atoms with Crippen LogP contribution in [0.2, 0.25) is 0 Å². The summed E-state index contributed by atoms with van der Waals surface area (Å²) in [5.41, 5.74) is 6.63. The summed E-state index contributed by atoms with van der Waals surface area (Å²) in [6.45, 7) is 2.28. The molecule has 6 heteroatoms. The molecule has 6 nitrogen and oxygen atoms in total. The van der Waals surface area contributed by atoms with Crippen molar-refractivity contribution in [2.45, 2.75) is 13.0 Å². The van der Waals surface area contributed by atoms with Crippen LogP contribution < -0.4 is 11.1 Å². The van der Waals surface area contributed by atoms with E-state index in [-0.39, 0.29) is 11.7 Å². The van der Waals surface area contributed by atoms with Crippen LogP contribution >= 0.6 is 0 Å². The highest BCUT2D eigenvalue weighted by Crippen LogP contribution is 2.32. The van der Waals surface area contributed by atoms with Gasteiger partial charge in [0.2, 0.25) is 0 Å². The van der Waals surface area contributed by atoms with E-state index in [1.807, 2.05) is 6.92 Å². The van der Waals surface area contributed by atoms with Crippen LogP contribution in [0.25, 0.3) is 10.9 Å². The molecule has 18 heavy (non-hydrogen) atoms. The number of fused-ring (bicyclic) bond motifs is 1. The lowest BCUT2D eigenvalue weighted by molar-refractivity contribution is -0.382. The van der Waals surface area contributed by atoms with Gasteiger partial charge >= 0.3 is 5.69 Å². The molecule has 1 aromatic heterocycles. The van der Waals surface area contributed by atoms with Crippen molar-refractivity contribution >= 4 is 22.3 Å². The van der Waals surface area contributed by atoms with E-state index in [4.69, 9.17) is 5.73 Å². The van der Waals surface area contributed by atoms with Gasteiger partial charge in [0.05, 0.1) is 15.8 Å². The molecule has 0 aliphatic carbocycles. The zero-order valence-corrected chi connectivity index (χ0v) is 9.96. The Kier molecular flexibility index (Phi) is 3.38. The lowest BCUT2D eigenvalue weighted by Crippen LogP contribution is -2.25. The smallest absolute Gasteiger partial charge is 0.301 e. The maximum atomic E-state index is 11.2. The number of rotatable bonds is 4. The summed E-state index contributed by atoms with van der Waals surface area (Å²) >= 11 is 0. The molecule has 0 saturated heterocycles. The van der Waals surface area contributed by atoms with Gasteiger partial charge in [-0.15, -0.1) is 0 Å². The van der Waals surface area contributed by atoms with E-state index < -0.39 is 4.92 Å². The topological polar surface area (TPSA) is 94.1 Å². The minimum atomic E-state index is -0.393. The van der Waals surface area contributed by atoms with Crippen LogP contribution in [0, 0.1) is 10.1 Å². The van der Waals surface area contributed by atoms with E-state index in [1.54, 1.807) is 30.5 Å². The molecule has 2 rings (SSSR count).